The van der Waals surface area contributed by atoms with Gasteiger partial charge in [-0.3, -0.25) is 9.58 Å². The second-order valence-corrected chi connectivity index (χ2v) is 7.37. The van der Waals surface area contributed by atoms with Crippen molar-refractivity contribution in [1.82, 2.24) is 24.9 Å². The van der Waals surface area contributed by atoms with Crippen molar-refractivity contribution in [3.8, 4) is 0 Å². The molecule has 3 rings (SSSR count). The van der Waals surface area contributed by atoms with Crippen molar-refractivity contribution >= 4 is 6.03 Å². The Hall–Kier alpha value is -2.34. The minimum absolute atomic E-state index is 0.0185. The maximum Gasteiger partial charge on any atom is 0.317 e. The van der Waals surface area contributed by atoms with Crippen molar-refractivity contribution in [3.63, 3.8) is 0 Å². The topological polar surface area (TPSA) is 53.4 Å². The van der Waals surface area contributed by atoms with Gasteiger partial charge in [0.05, 0.1) is 12.7 Å². The Morgan fingerprint density at radius 1 is 1.12 bits per heavy atom. The lowest BCUT2D eigenvalue weighted by Crippen LogP contribution is -2.52. The van der Waals surface area contributed by atoms with E-state index in [4.69, 9.17) is 0 Å². The third-order valence-electron chi connectivity index (χ3n) is 4.60. The molecule has 1 aliphatic rings. The summed E-state index contributed by atoms with van der Waals surface area (Å²) >= 11 is 0. The quantitative estimate of drug-likeness (QED) is 0.866. The largest absolute Gasteiger partial charge is 0.334 e. The smallest absolute Gasteiger partial charge is 0.317 e. The summed E-state index contributed by atoms with van der Waals surface area (Å²) in [6, 6.07) is 10.3. The molecule has 1 saturated heterocycles. The van der Waals surface area contributed by atoms with Crippen molar-refractivity contribution in [3.05, 3.63) is 53.9 Å². The van der Waals surface area contributed by atoms with E-state index in [1.54, 1.807) is 0 Å². The fourth-order valence-electron chi connectivity index (χ4n) is 3.29. The van der Waals surface area contributed by atoms with Crippen molar-refractivity contribution in [1.29, 1.82) is 0 Å². The van der Waals surface area contributed by atoms with Crippen molar-refractivity contribution < 1.29 is 4.79 Å². The first-order chi connectivity index (χ1) is 12.6. The maximum atomic E-state index is 12.4. The molecule has 0 atom stereocenters. The van der Waals surface area contributed by atoms with E-state index >= 15 is 0 Å². The van der Waals surface area contributed by atoms with Crippen LogP contribution in [0.15, 0.2) is 42.7 Å². The molecule has 2 aromatic rings. The molecule has 2 amide bonds. The van der Waals surface area contributed by atoms with Gasteiger partial charge in [0.1, 0.15) is 0 Å². The number of nitrogens with one attached hydrogen (secondary N) is 1. The van der Waals surface area contributed by atoms with Crippen LogP contribution >= 0.6 is 0 Å². The van der Waals surface area contributed by atoms with Crippen molar-refractivity contribution in [2.45, 2.75) is 26.9 Å². The molecule has 0 unspecified atom stereocenters. The van der Waals surface area contributed by atoms with Crippen LogP contribution in [-0.2, 0) is 13.1 Å². The van der Waals surface area contributed by atoms with Gasteiger partial charge in [-0.1, -0.05) is 44.2 Å². The Bertz CT molecular complexity index is 689. The van der Waals surface area contributed by atoms with Crippen LogP contribution in [0, 0.1) is 5.92 Å². The first kappa shape index (κ1) is 18.5. The predicted octanol–water partition coefficient (Wildman–Crippen LogP) is 2.41. The Labute approximate surface area is 155 Å². The highest BCUT2D eigenvalue weighted by Gasteiger charge is 2.21. The summed E-state index contributed by atoms with van der Waals surface area (Å²) in [4.78, 5) is 16.7. The van der Waals surface area contributed by atoms with Crippen LogP contribution < -0.4 is 5.32 Å². The molecule has 0 spiro atoms. The van der Waals surface area contributed by atoms with Gasteiger partial charge in [0.15, 0.2) is 0 Å². The average molecular weight is 355 g/mol. The van der Waals surface area contributed by atoms with E-state index in [-0.39, 0.29) is 6.03 Å². The standard InChI is InChI=1S/C20H29N5O/c1-17(2)14-23-8-10-24(11-9-23)20(26)21-12-19-13-22-25(16-19)15-18-6-4-3-5-7-18/h3-7,13,16-17H,8-12,14-15H2,1-2H3,(H,21,26). The normalized spacial score (nSPS) is 15.4. The van der Waals surface area contributed by atoms with E-state index in [1.165, 1.54) is 5.56 Å². The number of benzene rings is 1. The number of carbonyl (C=O) groups is 1. The van der Waals surface area contributed by atoms with Crippen LogP contribution in [0.3, 0.4) is 0 Å². The molecular formula is C20H29N5O. The second-order valence-electron chi connectivity index (χ2n) is 7.37. The number of urea groups is 1. The highest BCUT2D eigenvalue weighted by Crippen LogP contribution is 2.07. The minimum atomic E-state index is 0.0185. The molecule has 0 aliphatic carbocycles. The lowest BCUT2D eigenvalue weighted by Gasteiger charge is -2.35. The van der Waals surface area contributed by atoms with E-state index in [1.807, 2.05) is 40.2 Å². The summed E-state index contributed by atoms with van der Waals surface area (Å²) in [7, 11) is 0. The molecular weight excluding hydrogens is 326 g/mol. The summed E-state index contributed by atoms with van der Waals surface area (Å²) in [6.45, 7) is 10.3. The van der Waals surface area contributed by atoms with Crippen molar-refractivity contribution in [2.24, 2.45) is 5.92 Å². The van der Waals surface area contributed by atoms with E-state index in [0.717, 1.165) is 44.8 Å². The summed E-state index contributed by atoms with van der Waals surface area (Å²) in [5.74, 6) is 0.669. The van der Waals surface area contributed by atoms with Crippen LogP contribution in [0.4, 0.5) is 4.79 Å². The molecule has 0 radical (unpaired) electrons. The van der Waals surface area contributed by atoms with E-state index < -0.39 is 0 Å². The van der Waals surface area contributed by atoms with Gasteiger partial charge in [-0.2, -0.15) is 5.10 Å². The zero-order valence-electron chi connectivity index (χ0n) is 15.8. The SMILES string of the molecule is CC(C)CN1CCN(C(=O)NCc2cnn(Cc3ccccc3)c2)CC1. The molecule has 1 aliphatic heterocycles. The zero-order chi connectivity index (χ0) is 18.4. The van der Waals surface area contributed by atoms with Gasteiger partial charge in [0, 0.05) is 51.0 Å². The molecule has 6 nitrogen and oxygen atoms in total. The Morgan fingerprint density at radius 2 is 1.85 bits per heavy atom. The average Bonchev–Trinajstić information content (AvgIpc) is 3.08. The number of piperazine rings is 1. The Balaban J connectivity index is 1.42. The fraction of sp³-hybridized carbons (Fsp3) is 0.500. The third-order valence-corrected chi connectivity index (χ3v) is 4.60. The molecule has 1 aromatic carbocycles. The molecule has 1 N–H and O–H groups in total. The summed E-state index contributed by atoms with van der Waals surface area (Å²) in [5, 5.41) is 7.40. The van der Waals surface area contributed by atoms with Crippen LogP contribution in [0.25, 0.3) is 0 Å². The molecule has 1 fully saturated rings. The van der Waals surface area contributed by atoms with E-state index in [9.17, 15) is 4.79 Å². The number of carbonyl (C=O) groups excluding carboxylic acids is 1. The molecule has 26 heavy (non-hydrogen) atoms. The predicted molar refractivity (Wildman–Crippen MR) is 103 cm³/mol. The lowest BCUT2D eigenvalue weighted by molar-refractivity contribution is 0.131. The number of hydrogen-bond acceptors (Lipinski definition) is 3. The molecule has 6 heteroatoms. The number of hydrogen-bond donors (Lipinski definition) is 1. The second kappa shape index (κ2) is 8.85. The fourth-order valence-corrected chi connectivity index (χ4v) is 3.29. The van der Waals surface area contributed by atoms with Crippen LogP contribution in [0.5, 0.6) is 0 Å². The van der Waals surface area contributed by atoms with E-state index in [2.05, 4.69) is 41.3 Å². The van der Waals surface area contributed by atoms with Gasteiger partial charge in [-0.25, -0.2) is 4.79 Å². The van der Waals surface area contributed by atoms with Gasteiger partial charge < -0.3 is 10.2 Å². The first-order valence-electron chi connectivity index (χ1n) is 9.40. The van der Waals surface area contributed by atoms with E-state index in [0.29, 0.717) is 12.5 Å². The molecule has 2 heterocycles. The number of rotatable bonds is 6. The highest BCUT2D eigenvalue weighted by atomic mass is 16.2. The molecule has 0 saturated carbocycles. The first-order valence-corrected chi connectivity index (χ1v) is 9.40. The van der Waals surface area contributed by atoms with Crippen LogP contribution in [0.1, 0.15) is 25.0 Å². The Kier molecular flexibility index (Phi) is 6.28. The number of amides is 2. The van der Waals surface area contributed by atoms with Crippen LogP contribution in [-0.4, -0.2) is 58.3 Å². The highest BCUT2D eigenvalue weighted by molar-refractivity contribution is 5.74. The molecule has 0 bridgehead atoms. The van der Waals surface area contributed by atoms with Gasteiger partial charge >= 0.3 is 6.03 Å². The monoisotopic (exact) mass is 355 g/mol. The van der Waals surface area contributed by atoms with Crippen molar-refractivity contribution in [2.75, 3.05) is 32.7 Å². The number of aromatic nitrogens is 2. The van der Waals surface area contributed by atoms with Gasteiger partial charge in [0.25, 0.3) is 0 Å². The molecule has 1 aromatic heterocycles. The van der Waals surface area contributed by atoms with Gasteiger partial charge in [0.2, 0.25) is 0 Å². The maximum absolute atomic E-state index is 12.4. The zero-order valence-corrected chi connectivity index (χ0v) is 15.8. The third kappa shape index (κ3) is 5.33. The Morgan fingerprint density at radius 3 is 2.54 bits per heavy atom. The lowest BCUT2D eigenvalue weighted by atomic mass is 10.2. The molecule has 140 valence electrons. The van der Waals surface area contributed by atoms with Crippen LogP contribution in [0.2, 0.25) is 0 Å². The van der Waals surface area contributed by atoms with Gasteiger partial charge in [-0.05, 0) is 11.5 Å². The minimum Gasteiger partial charge on any atom is -0.334 e. The summed E-state index contributed by atoms with van der Waals surface area (Å²) < 4.78 is 1.90. The number of nitrogens with zero attached hydrogens (tertiary/aromatic N) is 4. The summed E-state index contributed by atoms with van der Waals surface area (Å²) in [6.07, 6.45) is 3.82. The van der Waals surface area contributed by atoms with Gasteiger partial charge in [-0.15, -0.1) is 0 Å². The summed E-state index contributed by atoms with van der Waals surface area (Å²) in [5.41, 5.74) is 2.23.